The van der Waals surface area contributed by atoms with E-state index in [-0.39, 0.29) is 10.7 Å². The molecule has 0 saturated carbocycles. The Labute approximate surface area is 196 Å². The average Bonchev–Trinajstić information content (AvgIpc) is 3.20. The number of hydrogen-bond acceptors (Lipinski definition) is 3. The fourth-order valence-corrected chi connectivity index (χ4v) is 5.40. The van der Waals surface area contributed by atoms with E-state index in [1.165, 1.54) is 12.1 Å². The number of rotatable bonds is 7. The molecule has 34 heavy (non-hydrogen) atoms. The molecule has 0 atom stereocenters. The van der Waals surface area contributed by atoms with Gasteiger partial charge in [0.05, 0.1) is 22.7 Å². The molecule has 4 rings (SSSR count). The number of hydrogen-bond donors (Lipinski definition) is 0. The zero-order chi connectivity index (χ0) is 24.3. The summed E-state index contributed by atoms with van der Waals surface area (Å²) in [5, 5.41) is -0.149. The topological polar surface area (TPSA) is 52.0 Å². The van der Waals surface area contributed by atoms with Gasteiger partial charge in [-0.2, -0.15) is 13.2 Å². The molecule has 176 valence electrons. The maximum Gasteiger partial charge on any atom is 0.416 e. The SMILES string of the molecule is CCCn1c(S(=O)(=O)Cc2cccc(C(F)(F)F)c2)nc(-c2ccccc2)c1-c1ccccc1. The van der Waals surface area contributed by atoms with Crippen LogP contribution in [-0.2, 0) is 28.3 Å². The largest absolute Gasteiger partial charge is 0.416 e. The minimum Gasteiger partial charge on any atom is -0.314 e. The van der Waals surface area contributed by atoms with E-state index in [4.69, 9.17) is 0 Å². The second kappa shape index (κ2) is 9.46. The summed E-state index contributed by atoms with van der Waals surface area (Å²) in [4.78, 5) is 4.57. The van der Waals surface area contributed by atoms with Crippen LogP contribution in [0.25, 0.3) is 22.5 Å². The van der Waals surface area contributed by atoms with Crippen LogP contribution < -0.4 is 0 Å². The molecule has 0 bridgehead atoms. The summed E-state index contributed by atoms with van der Waals surface area (Å²) in [6, 6.07) is 23.1. The van der Waals surface area contributed by atoms with E-state index in [0.717, 1.165) is 23.3 Å². The van der Waals surface area contributed by atoms with E-state index < -0.39 is 27.3 Å². The van der Waals surface area contributed by atoms with Gasteiger partial charge in [0.25, 0.3) is 0 Å². The van der Waals surface area contributed by atoms with E-state index in [2.05, 4.69) is 4.98 Å². The van der Waals surface area contributed by atoms with Crippen molar-refractivity contribution in [2.75, 3.05) is 0 Å². The number of nitrogens with zero attached hydrogens (tertiary/aromatic N) is 2. The molecule has 0 fully saturated rings. The molecule has 0 spiro atoms. The Morgan fingerprint density at radius 2 is 1.47 bits per heavy atom. The Morgan fingerprint density at radius 3 is 2.06 bits per heavy atom. The summed E-state index contributed by atoms with van der Waals surface area (Å²) in [7, 11) is -4.06. The highest BCUT2D eigenvalue weighted by Gasteiger charge is 2.32. The molecular formula is C26H23F3N2O2S. The first kappa shape index (κ1) is 23.8. The molecule has 4 nitrogen and oxygen atoms in total. The molecule has 1 aromatic heterocycles. The lowest BCUT2D eigenvalue weighted by Crippen LogP contribution is -2.14. The number of alkyl halides is 3. The van der Waals surface area contributed by atoms with E-state index in [1.807, 2.05) is 67.6 Å². The summed E-state index contributed by atoms with van der Waals surface area (Å²) in [5.41, 5.74) is 1.92. The molecule has 0 aliphatic carbocycles. The predicted molar refractivity (Wildman–Crippen MR) is 126 cm³/mol. The number of halogens is 3. The highest BCUT2D eigenvalue weighted by atomic mass is 32.2. The summed E-state index contributed by atoms with van der Waals surface area (Å²) >= 11 is 0. The maximum atomic E-state index is 13.5. The van der Waals surface area contributed by atoms with E-state index in [9.17, 15) is 21.6 Å². The molecule has 0 amide bonds. The van der Waals surface area contributed by atoms with Gasteiger partial charge in [-0.25, -0.2) is 13.4 Å². The Kier molecular flexibility index (Phi) is 6.61. The van der Waals surface area contributed by atoms with Crippen LogP contribution >= 0.6 is 0 Å². The Hall–Kier alpha value is -3.39. The van der Waals surface area contributed by atoms with Crippen molar-refractivity contribution >= 4 is 9.84 Å². The molecule has 4 aromatic rings. The van der Waals surface area contributed by atoms with Crippen molar-refractivity contribution in [3.8, 4) is 22.5 Å². The number of imidazole rings is 1. The smallest absolute Gasteiger partial charge is 0.314 e. The van der Waals surface area contributed by atoms with Crippen LogP contribution in [0.3, 0.4) is 0 Å². The van der Waals surface area contributed by atoms with Crippen LogP contribution in [-0.4, -0.2) is 18.0 Å². The Balaban J connectivity index is 1.88. The maximum absolute atomic E-state index is 13.5. The van der Waals surface area contributed by atoms with Crippen LogP contribution in [0.15, 0.2) is 90.1 Å². The third-order valence-corrected chi connectivity index (χ3v) is 6.94. The van der Waals surface area contributed by atoms with Gasteiger partial charge in [-0.15, -0.1) is 0 Å². The zero-order valence-electron chi connectivity index (χ0n) is 18.5. The fraction of sp³-hybridized carbons (Fsp3) is 0.192. The molecule has 0 unspecified atom stereocenters. The molecule has 1 heterocycles. The van der Waals surface area contributed by atoms with Gasteiger partial charge in [-0.1, -0.05) is 85.8 Å². The van der Waals surface area contributed by atoms with Gasteiger partial charge in [-0.05, 0) is 18.1 Å². The highest BCUT2D eigenvalue weighted by molar-refractivity contribution is 7.90. The minimum atomic E-state index is -4.55. The number of benzene rings is 3. The number of aromatic nitrogens is 2. The van der Waals surface area contributed by atoms with Crippen molar-refractivity contribution in [3.63, 3.8) is 0 Å². The van der Waals surface area contributed by atoms with Crippen molar-refractivity contribution in [2.45, 2.75) is 37.0 Å². The molecule has 8 heteroatoms. The summed E-state index contributed by atoms with van der Waals surface area (Å²) in [6.45, 7) is 2.32. The molecule has 0 N–H and O–H groups in total. The highest BCUT2D eigenvalue weighted by Crippen LogP contribution is 2.36. The molecule has 3 aromatic carbocycles. The van der Waals surface area contributed by atoms with E-state index in [0.29, 0.717) is 24.4 Å². The lowest BCUT2D eigenvalue weighted by atomic mass is 10.0. The second-order valence-corrected chi connectivity index (χ2v) is 9.82. The molecule has 0 aliphatic rings. The van der Waals surface area contributed by atoms with Crippen LogP contribution in [0.1, 0.15) is 24.5 Å². The molecule has 0 aliphatic heterocycles. The first-order valence-electron chi connectivity index (χ1n) is 10.8. The van der Waals surface area contributed by atoms with Crippen LogP contribution in [0.4, 0.5) is 13.2 Å². The van der Waals surface area contributed by atoms with Gasteiger partial charge >= 0.3 is 6.18 Å². The van der Waals surface area contributed by atoms with Crippen LogP contribution in [0.2, 0.25) is 0 Å². The van der Waals surface area contributed by atoms with Gasteiger partial charge in [-0.3, -0.25) is 0 Å². The number of sulfone groups is 1. The Bertz CT molecular complexity index is 1380. The van der Waals surface area contributed by atoms with Gasteiger partial charge in [0.15, 0.2) is 0 Å². The van der Waals surface area contributed by atoms with Gasteiger partial charge in [0.2, 0.25) is 15.0 Å². The van der Waals surface area contributed by atoms with Crippen molar-refractivity contribution in [2.24, 2.45) is 0 Å². The lowest BCUT2D eigenvalue weighted by Gasteiger charge is -2.13. The normalized spacial score (nSPS) is 12.1. The van der Waals surface area contributed by atoms with Crippen LogP contribution in [0, 0.1) is 0 Å². The quantitative estimate of drug-likeness (QED) is 0.296. The summed E-state index contributed by atoms with van der Waals surface area (Å²) in [6.07, 6.45) is -3.90. The van der Waals surface area contributed by atoms with Gasteiger partial charge < -0.3 is 4.57 Å². The molecule has 0 radical (unpaired) electrons. The van der Waals surface area contributed by atoms with Gasteiger partial charge in [0.1, 0.15) is 0 Å². The molecule has 0 saturated heterocycles. The first-order chi connectivity index (χ1) is 16.2. The van der Waals surface area contributed by atoms with Crippen molar-refractivity contribution in [1.29, 1.82) is 0 Å². The third-order valence-electron chi connectivity index (χ3n) is 5.36. The summed E-state index contributed by atoms with van der Waals surface area (Å²) in [5.74, 6) is -0.583. The minimum absolute atomic E-state index is 0.0587. The van der Waals surface area contributed by atoms with Crippen molar-refractivity contribution in [1.82, 2.24) is 9.55 Å². The van der Waals surface area contributed by atoms with E-state index >= 15 is 0 Å². The summed E-state index contributed by atoms with van der Waals surface area (Å²) < 4.78 is 68.2. The van der Waals surface area contributed by atoms with Gasteiger partial charge in [0, 0.05) is 17.7 Å². The fourth-order valence-electron chi connectivity index (χ4n) is 3.91. The second-order valence-electron chi connectivity index (χ2n) is 7.93. The predicted octanol–water partition coefficient (Wildman–Crippen LogP) is 6.62. The third kappa shape index (κ3) is 4.92. The molecular weight excluding hydrogens is 461 g/mol. The zero-order valence-corrected chi connectivity index (χ0v) is 19.3. The van der Waals surface area contributed by atoms with Crippen molar-refractivity contribution < 1.29 is 21.6 Å². The Morgan fingerprint density at radius 1 is 0.853 bits per heavy atom. The monoisotopic (exact) mass is 484 g/mol. The van der Waals surface area contributed by atoms with E-state index in [1.54, 1.807) is 4.57 Å². The lowest BCUT2D eigenvalue weighted by molar-refractivity contribution is -0.137. The van der Waals surface area contributed by atoms with Crippen molar-refractivity contribution in [3.05, 3.63) is 96.1 Å². The standard InChI is InChI=1S/C26H23F3N2O2S/c1-2-16-31-24(21-13-7-4-8-14-21)23(20-11-5-3-6-12-20)30-25(31)34(32,33)18-19-10-9-15-22(17-19)26(27,28)29/h3-15,17H,2,16,18H2,1H3. The van der Waals surface area contributed by atoms with Crippen LogP contribution in [0.5, 0.6) is 0 Å². The average molecular weight is 485 g/mol. The first-order valence-corrected chi connectivity index (χ1v) is 12.5.